The molecule has 0 amide bonds. The fourth-order valence-corrected chi connectivity index (χ4v) is 1.98. The highest BCUT2D eigenvalue weighted by Crippen LogP contribution is 2.27. The Labute approximate surface area is 116 Å². The third-order valence-corrected chi connectivity index (χ3v) is 2.76. The molecule has 20 heavy (non-hydrogen) atoms. The van der Waals surface area contributed by atoms with Gasteiger partial charge in [-0.1, -0.05) is 38.1 Å². The van der Waals surface area contributed by atoms with E-state index < -0.39 is 0 Å². The van der Waals surface area contributed by atoms with E-state index in [0.29, 0.717) is 24.5 Å². The normalized spacial score (nSPS) is 10.3. The van der Waals surface area contributed by atoms with Crippen LogP contribution in [0, 0.1) is 0 Å². The molecule has 0 bridgehead atoms. The quantitative estimate of drug-likeness (QED) is 0.758. The van der Waals surface area contributed by atoms with E-state index >= 15 is 0 Å². The smallest absolute Gasteiger partial charge is 0.347 e. The maximum absolute atomic E-state index is 11.6. The second-order valence-electron chi connectivity index (χ2n) is 3.90. The molecule has 3 N–H and O–H groups in total. The molecule has 6 nitrogen and oxygen atoms in total. The molecular formula is C14H18N4O2. The van der Waals surface area contributed by atoms with Crippen LogP contribution in [-0.4, -0.2) is 27.7 Å². The van der Waals surface area contributed by atoms with Crippen molar-refractivity contribution in [2.75, 3.05) is 13.2 Å². The summed E-state index contributed by atoms with van der Waals surface area (Å²) in [5, 5.41) is 8.22. The number of ether oxygens (including phenoxy) is 1. The van der Waals surface area contributed by atoms with Gasteiger partial charge in [-0.25, -0.2) is 14.3 Å². The van der Waals surface area contributed by atoms with Crippen LogP contribution in [0.4, 0.5) is 0 Å². The Balaban J connectivity index is 0.000000704. The first-order valence-electron chi connectivity index (χ1n) is 6.62. The molecular weight excluding hydrogens is 256 g/mol. The number of hydrogen-bond donors (Lipinski definition) is 2. The minimum absolute atomic E-state index is 0.284. The topological polar surface area (TPSA) is 85.4 Å². The molecule has 2 heterocycles. The number of nitrogens with zero attached hydrogens (tertiary/aromatic N) is 2. The summed E-state index contributed by atoms with van der Waals surface area (Å²) in [7, 11) is 0. The molecule has 2 aromatic heterocycles. The maximum atomic E-state index is 11.6. The Morgan fingerprint density at radius 2 is 2.00 bits per heavy atom. The van der Waals surface area contributed by atoms with Crippen LogP contribution >= 0.6 is 0 Å². The van der Waals surface area contributed by atoms with Crippen molar-refractivity contribution in [3.8, 4) is 5.75 Å². The van der Waals surface area contributed by atoms with Gasteiger partial charge in [-0.05, 0) is 0 Å². The van der Waals surface area contributed by atoms with Crippen LogP contribution in [-0.2, 0) is 0 Å². The van der Waals surface area contributed by atoms with Crippen molar-refractivity contribution in [3.63, 3.8) is 0 Å². The molecule has 0 aliphatic carbocycles. The van der Waals surface area contributed by atoms with E-state index in [-0.39, 0.29) is 5.69 Å². The monoisotopic (exact) mass is 274 g/mol. The maximum Gasteiger partial charge on any atom is 0.347 e. The summed E-state index contributed by atoms with van der Waals surface area (Å²) in [6.07, 6.45) is 1.64. The van der Waals surface area contributed by atoms with Gasteiger partial charge in [0.05, 0.1) is 6.20 Å². The molecule has 3 aromatic rings. The van der Waals surface area contributed by atoms with Gasteiger partial charge in [0.1, 0.15) is 12.4 Å². The highest BCUT2D eigenvalue weighted by molar-refractivity contribution is 5.97. The van der Waals surface area contributed by atoms with Gasteiger partial charge >= 0.3 is 5.69 Å². The van der Waals surface area contributed by atoms with Crippen molar-refractivity contribution in [2.45, 2.75) is 13.8 Å². The van der Waals surface area contributed by atoms with Crippen molar-refractivity contribution in [1.82, 2.24) is 14.6 Å². The van der Waals surface area contributed by atoms with Gasteiger partial charge in [0, 0.05) is 17.3 Å². The predicted octanol–water partition coefficient (Wildman–Crippen LogP) is 1.54. The lowest BCUT2D eigenvalue weighted by Gasteiger charge is -2.09. The van der Waals surface area contributed by atoms with Gasteiger partial charge in [0.2, 0.25) is 0 Å². The van der Waals surface area contributed by atoms with Crippen molar-refractivity contribution in [2.24, 2.45) is 5.73 Å². The first kappa shape index (κ1) is 14.1. The number of hydrogen-bond acceptors (Lipinski definition) is 4. The van der Waals surface area contributed by atoms with Crippen LogP contribution in [0.1, 0.15) is 13.8 Å². The number of rotatable bonds is 3. The van der Waals surface area contributed by atoms with Crippen LogP contribution in [0.15, 0.2) is 35.3 Å². The van der Waals surface area contributed by atoms with Crippen molar-refractivity contribution in [1.29, 1.82) is 0 Å². The van der Waals surface area contributed by atoms with Crippen LogP contribution in [0.25, 0.3) is 16.4 Å². The van der Waals surface area contributed by atoms with Crippen LogP contribution in [0.3, 0.4) is 0 Å². The standard InChI is InChI=1S/C12H12N4O2.C2H6/c13-5-6-18-10-7-16-11(14-15-12(16)17)9-4-2-1-3-8(9)10;1-2/h1-4,7H,5-6,13H2,(H,15,17);1-2H3. The fraction of sp³-hybridized carbons (Fsp3) is 0.286. The lowest BCUT2D eigenvalue weighted by molar-refractivity contribution is 0.330. The summed E-state index contributed by atoms with van der Waals surface area (Å²) < 4.78 is 7.01. The molecule has 0 fully saturated rings. The molecule has 1 aromatic carbocycles. The number of aromatic amines is 1. The number of nitrogens with one attached hydrogen (secondary N) is 1. The average Bonchev–Trinajstić information content (AvgIpc) is 2.88. The zero-order chi connectivity index (χ0) is 14.5. The number of fused-ring (bicyclic) bond motifs is 3. The van der Waals surface area contributed by atoms with Gasteiger partial charge in [0.25, 0.3) is 0 Å². The third-order valence-electron chi connectivity index (χ3n) is 2.76. The van der Waals surface area contributed by atoms with E-state index in [4.69, 9.17) is 10.5 Å². The molecule has 0 radical (unpaired) electrons. The number of benzene rings is 1. The zero-order valence-electron chi connectivity index (χ0n) is 11.6. The van der Waals surface area contributed by atoms with E-state index in [2.05, 4.69) is 10.2 Å². The summed E-state index contributed by atoms with van der Waals surface area (Å²) in [5.74, 6) is 0.632. The Bertz CT molecular complexity index is 761. The summed E-state index contributed by atoms with van der Waals surface area (Å²) in [4.78, 5) is 11.6. The van der Waals surface area contributed by atoms with E-state index in [0.717, 1.165) is 10.8 Å². The summed E-state index contributed by atoms with van der Waals surface area (Å²) >= 11 is 0. The number of pyridine rings is 1. The Morgan fingerprint density at radius 1 is 1.30 bits per heavy atom. The molecule has 0 unspecified atom stereocenters. The Morgan fingerprint density at radius 3 is 2.70 bits per heavy atom. The third kappa shape index (κ3) is 2.37. The summed E-state index contributed by atoms with van der Waals surface area (Å²) in [5.41, 5.74) is 5.74. The van der Waals surface area contributed by atoms with Gasteiger partial charge in [-0.15, -0.1) is 0 Å². The lowest BCUT2D eigenvalue weighted by Crippen LogP contribution is -2.13. The zero-order valence-corrected chi connectivity index (χ0v) is 11.6. The summed E-state index contributed by atoms with van der Waals surface area (Å²) in [6, 6.07) is 7.65. The second kappa shape index (κ2) is 6.21. The lowest BCUT2D eigenvalue weighted by atomic mass is 10.1. The van der Waals surface area contributed by atoms with E-state index in [1.807, 2.05) is 38.1 Å². The van der Waals surface area contributed by atoms with Crippen LogP contribution < -0.4 is 16.2 Å². The average molecular weight is 274 g/mol. The fourth-order valence-electron chi connectivity index (χ4n) is 1.98. The van der Waals surface area contributed by atoms with Gasteiger partial charge in [-0.3, -0.25) is 0 Å². The number of nitrogens with two attached hydrogens (primary N) is 1. The Hall–Kier alpha value is -2.34. The summed E-state index contributed by atoms with van der Waals surface area (Å²) in [6.45, 7) is 4.83. The van der Waals surface area contributed by atoms with Crippen LogP contribution in [0.2, 0.25) is 0 Å². The van der Waals surface area contributed by atoms with Gasteiger partial charge in [-0.2, -0.15) is 5.10 Å². The molecule has 106 valence electrons. The van der Waals surface area contributed by atoms with Gasteiger partial charge < -0.3 is 10.5 Å². The molecule has 0 saturated carbocycles. The first-order valence-corrected chi connectivity index (χ1v) is 6.62. The van der Waals surface area contributed by atoms with E-state index in [9.17, 15) is 4.79 Å². The van der Waals surface area contributed by atoms with Crippen molar-refractivity contribution >= 4 is 16.4 Å². The highest BCUT2D eigenvalue weighted by Gasteiger charge is 2.10. The van der Waals surface area contributed by atoms with E-state index in [1.165, 1.54) is 4.40 Å². The largest absolute Gasteiger partial charge is 0.490 e. The number of aromatic nitrogens is 3. The first-order chi connectivity index (χ1) is 9.81. The van der Waals surface area contributed by atoms with Crippen molar-refractivity contribution < 1.29 is 4.74 Å². The predicted molar refractivity (Wildman–Crippen MR) is 79.2 cm³/mol. The van der Waals surface area contributed by atoms with Crippen LogP contribution in [0.5, 0.6) is 5.75 Å². The molecule has 0 spiro atoms. The second-order valence-corrected chi connectivity index (χ2v) is 3.90. The minimum Gasteiger partial charge on any atom is -0.490 e. The molecule has 0 aliphatic heterocycles. The molecule has 6 heteroatoms. The van der Waals surface area contributed by atoms with Gasteiger partial charge in [0.15, 0.2) is 5.65 Å². The molecule has 0 atom stereocenters. The minimum atomic E-state index is -0.284. The number of H-pyrrole nitrogens is 1. The highest BCUT2D eigenvalue weighted by atomic mass is 16.5. The molecule has 0 aliphatic rings. The SMILES string of the molecule is CC.NCCOc1cn2c(=O)[nH]nc2c2ccccc12. The van der Waals surface area contributed by atoms with E-state index in [1.54, 1.807) is 6.20 Å². The Kier molecular flexibility index (Phi) is 4.37. The van der Waals surface area contributed by atoms with Crippen molar-refractivity contribution in [3.05, 3.63) is 40.9 Å². The molecule has 0 saturated heterocycles. The molecule has 3 rings (SSSR count).